The molecule has 0 saturated carbocycles. The van der Waals surface area contributed by atoms with Gasteiger partial charge in [0.2, 0.25) is 10.0 Å². The van der Waals surface area contributed by atoms with Gasteiger partial charge in [-0.2, -0.15) is 4.31 Å². The van der Waals surface area contributed by atoms with Crippen molar-refractivity contribution in [2.24, 2.45) is 0 Å². The number of nitrogens with zero attached hydrogens (tertiary/aromatic N) is 1. The molecule has 0 radical (unpaired) electrons. The van der Waals surface area contributed by atoms with Crippen LogP contribution in [0.25, 0.3) is 0 Å². The summed E-state index contributed by atoms with van der Waals surface area (Å²) in [6, 6.07) is 4.15. The van der Waals surface area contributed by atoms with E-state index >= 15 is 0 Å². The second kappa shape index (κ2) is 6.13. The Balaban J connectivity index is 2.28. The molecule has 6 nitrogen and oxygen atoms in total. The van der Waals surface area contributed by atoms with Crippen LogP contribution in [0.5, 0.6) is 0 Å². The van der Waals surface area contributed by atoms with E-state index in [1.165, 1.54) is 27.4 Å². The largest absolute Gasteiger partial charge is 0.545 e. The lowest BCUT2D eigenvalue weighted by atomic mass is 10.1. The summed E-state index contributed by atoms with van der Waals surface area (Å²) in [6.07, 6.45) is 0. The first-order valence-corrected chi connectivity index (χ1v) is 8.46. The number of carbonyl (C=O) groups is 1. The number of likely N-dealkylation sites (N-methyl/N-ethyl adjacent to an activating group) is 1. The van der Waals surface area contributed by atoms with E-state index in [4.69, 9.17) is 0 Å². The van der Waals surface area contributed by atoms with E-state index in [1.807, 2.05) is 0 Å². The number of quaternary nitrogens is 1. The highest BCUT2D eigenvalue weighted by Crippen LogP contribution is 2.19. The topological polar surface area (TPSA) is 82.0 Å². The number of carboxylic acids is 1. The third-order valence-corrected chi connectivity index (χ3v) is 5.89. The van der Waals surface area contributed by atoms with Crippen molar-refractivity contribution in [1.29, 1.82) is 0 Å². The van der Waals surface area contributed by atoms with Crippen molar-refractivity contribution < 1.29 is 23.2 Å². The Morgan fingerprint density at radius 1 is 1.33 bits per heavy atom. The lowest BCUT2D eigenvalue weighted by Gasteiger charge is -2.31. The molecule has 0 bridgehead atoms. The Labute approximate surface area is 125 Å². The number of sulfonamides is 1. The fraction of sp³-hybridized carbons (Fsp3) is 0.500. The molecular formula is C14H20N2O4S. The number of rotatable bonds is 4. The van der Waals surface area contributed by atoms with Crippen molar-refractivity contribution in [3.05, 3.63) is 29.3 Å². The lowest BCUT2D eigenvalue weighted by molar-refractivity contribution is -0.901. The average Bonchev–Trinajstić information content (AvgIpc) is 2.47. The van der Waals surface area contributed by atoms with Gasteiger partial charge in [0, 0.05) is 5.56 Å². The average molecular weight is 312 g/mol. The van der Waals surface area contributed by atoms with Gasteiger partial charge in [0.25, 0.3) is 0 Å². The highest BCUT2D eigenvalue weighted by Gasteiger charge is 2.30. The van der Waals surface area contributed by atoms with Gasteiger partial charge in [-0.1, -0.05) is 6.07 Å². The second-order valence-electron chi connectivity index (χ2n) is 5.27. The smallest absolute Gasteiger partial charge is 0.243 e. The summed E-state index contributed by atoms with van der Waals surface area (Å²) in [6.45, 7) is 7.13. The third kappa shape index (κ3) is 3.25. The zero-order chi connectivity index (χ0) is 15.6. The SMILES string of the molecule is CC[NH+]1CCN(S(=O)(=O)c2ccc(C)c(C(=O)[O-])c2)CC1. The van der Waals surface area contributed by atoms with E-state index in [0.29, 0.717) is 18.7 Å². The van der Waals surface area contributed by atoms with Gasteiger partial charge < -0.3 is 14.8 Å². The van der Waals surface area contributed by atoms with Crippen LogP contribution in [0.3, 0.4) is 0 Å². The van der Waals surface area contributed by atoms with E-state index in [9.17, 15) is 18.3 Å². The van der Waals surface area contributed by atoms with E-state index in [1.54, 1.807) is 6.92 Å². The van der Waals surface area contributed by atoms with Crippen LogP contribution < -0.4 is 10.0 Å². The highest BCUT2D eigenvalue weighted by atomic mass is 32.2. The first-order chi connectivity index (χ1) is 9.86. The molecule has 0 spiro atoms. The quantitative estimate of drug-likeness (QED) is 0.716. The van der Waals surface area contributed by atoms with Crippen molar-refractivity contribution in [3.8, 4) is 0 Å². The molecule has 1 N–H and O–H groups in total. The van der Waals surface area contributed by atoms with Crippen molar-refractivity contribution in [1.82, 2.24) is 4.31 Å². The Morgan fingerprint density at radius 3 is 2.48 bits per heavy atom. The maximum absolute atomic E-state index is 12.6. The number of nitrogens with one attached hydrogen (secondary N) is 1. The molecule has 0 aromatic heterocycles. The predicted molar refractivity (Wildman–Crippen MR) is 75.5 cm³/mol. The van der Waals surface area contributed by atoms with Gasteiger partial charge in [0.1, 0.15) is 0 Å². The first kappa shape index (κ1) is 15.9. The Kier molecular flexibility index (Phi) is 4.65. The molecule has 1 aliphatic rings. The molecule has 21 heavy (non-hydrogen) atoms. The Hall–Kier alpha value is -1.44. The number of hydrogen-bond acceptors (Lipinski definition) is 4. The zero-order valence-electron chi connectivity index (χ0n) is 12.3. The number of hydrogen-bond donors (Lipinski definition) is 1. The summed E-state index contributed by atoms with van der Waals surface area (Å²) < 4.78 is 26.6. The fourth-order valence-corrected chi connectivity index (χ4v) is 4.00. The summed E-state index contributed by atoms with van der Waals surface area (Å²) in [5.74, 6) is -1.36. The molecule has 1 aliphatic heterocycles. The first-order valence-electron chi connectivity index (χ1n) is 7.02. The summed E-state index contributed by atoms with van der Waals surface area (Å²) in [4.78, 5) is 12.4. The molecule has 0 atom stereocenters. The van der Waals surface area contributed by atoms with Gasteiger partial charge in [-0.3, -0.25) is 0 Å². The third-order valence-electron chi connectivity index (χ3n) is 4.00. The maximum atomic E-state index is 12.6. The minimum absolute atomic E-state index is 0.0206. The normalized spacial score (nSPS) is 17.8. The number of aryl methyl sites for hydroxylation is 1. The summed E-state index contributed by atoms with van der Waals surface area (Å²) >= 11 is 0. The number of carboxylic acid groups (broad SMARTS) is 1. The monoisotopic (exact) mass is 312 g/mol. The minimum Gasteiger partial charge on any atom is -0.545 e. The standard InChI is InChI=1S/C14H20N2O4S/c1-3-15-6-8-16(9-7-15)21(19,20)12-5-4-11(2)13(10-12)14(17)18/h4-5,10H,3,6-9H2,1-2H3,(H,17,18). The van der Waals surface area contributed by atoms with Gasteiger partial charge in [0.15, 0.2) is 0 Å². The lowest BCUT2D eigenvalue weighted by Crippen LogP contribution is -3.14. The fourth-order valence-electron chi connectivity index (χ4n) is 2.53. The molecule has 1 aromatic carbocycles. The molecule has 2 rings (SSSR count). The molecule has 0 amide bonds. The number of piperazine rings is 1. The highest BCUT2D eigenvalue weighted by molar-refractivity contribution is 7.89. The van der Waals surface area contributed by atoms with Gasteiger partial charge in [-0.15, -0.1) is 0 Å². The number of benzene rings is 1. The molecule has 0 aliphatic carbocycles. The van der Waals surface area contributed by atoms with Crippen LogP contribution >= 0.6 is 0 Å². The van der Waals surface area contributed by atoms with Crippen molar-refractivity contribution in [2.45, 2.75) is 18.7 Å². The van der Waals surface area contributed by atoms with Crippen LogP contribution in [0.4, 0.5) is 0 Å². The van der Waals surface area contributed by atoms with E-state index in [-0.39, 0.29) is 10.5 Å². The predicted octanol–water partition coefficient (Wildman–Crippen LogP) is -1.73. The second-order valence-corrected chi connectivity index (χ2v) is 7.21. The van der Waals surface area contributed by atoms with Gasteiger partial charge in [-0.25, -0.2) is 8.42 Å². The molecule has 7 heteroatoms. The van der Waals surface area contributed by atoms with Crippen molar-refractivity contribution in [3.63, 3.8) is 0 Å². The molecule has 0 unspecified atom stereocenters. The molecule has 1 fully saturated rings. The molecule has 116 valence electrons. The van der Waals surface area contributed by atoms with E-state index in [0.717, 1.165) is 19.6 Å². The van der Waals surface area contributed by atoms with Crippen LogP contribution in [0.1, 0.15) is 22.8 Å². The number of aromatic carboxylic acids is 1. The molecule has 1 aromatic rings. The van der Waals surface area contributed by atoms with Crippen LogP contribution in [0.2, 0.25) is 0 Å². The summed E-state index contributed by atoms with van der Waals surface area (Å²) in [5.41, 5.74) is 0.420. The van der Waals surface area contributed by atoms with Crippen LogP contribution in [-0.2, 0) is 10.0 Å². The minimum atomic E-state index is -3.64. The van der Waals surface area contributed by atoms with Crippen LogP contribution in [-0.4, -0.2) is 51.4 Å². The molecular weight excluding hydrogens is 292 g/mol. The summed E-state index contributed by atoms with van der Waals surface area (Å²) in [5, 5.41) is 11.0. The summed E-state index contributed by atoms with van der Waals surface area (Å²) in [7, 11) is -3.64. The van der Waals surface area contributed by atoms with E-state index in [2.05, 4.69) is 6.92 Å². The van der Waals surface area contributed by atoms with E-state index < -0.39 is 16.0 Å². The maximum Gasteiger partial charge on any atom is 0.243 e. The Morgan fingerprint density at radius 2 is 1.95 bits per heavy atom. The number of carbonyl (C=O) groups excluding carboxylic acids is 1. The molecule has 1 heterocycles. The van der Waals surface area contributed by atoms with Crippen LogP contribution in [0, 0.1) is 6.92 Å². The van der Waals surface area contributed by atoms with Gasteiger partial charge in [-0.05, 0) is 31.5 Å². The van der Waals surface area contributed by atoms with Crippen molar-refractivity contribution >= 4 is 16.0 Å². The zero-order valence-corrected chi connectivity index (χ0v) is 13.1. The van der Waals surface area contributed by atoms with Gasteiger partial charge in [0.05, 0.1) is 43.6 Å². The van der Waals surface area contributed by atoms with Gasteiger partial charge >= 0.3 is 0 Å². The van der Waals surface area contributed by atoms with Crippen LogP contribution in [0.15, 0.2) is 23.1 Å². The molecule has 1 saturated heterocycles. The van der Waals surface area contributed by atoms with Crippen molar-refractivity contribution in [2.75, 3.05) is 32.7 Å². The Bertz CT molecular complexity index is 634.